The second-order valence-electron chi connectivity index (χ2n) is 9.59. The highest BCUT2D eigenvalue weighted by Gasteiger charge is 2.44. The third kappa shape index (κ3) is 6.70. The lowest BCUT2D eigenvalue weighted by molar-refractivity contribution is -0.149. The fourth-order valence-corrected chi connectivity index (χ4v) is 5.69. The first-order chi connectivity index (χ1) is 19.0. The first-order valence-electron chi connectivity index (χ1n) is 12.9. The highest BCUT2D eigenvalue weighted by molar-refractivity contribution is 7.52. The molecule has 14 nitrogen and oxygen atoms in total. The topological polar surface area (TPSA) is 182 Å². The van der Waals surface area contributed by atoms with E-state index in [9.17, 15) is 14.5 Å². The molecule has 3 heterocycles. The van der Waals surface area contributed by atoms with Gasteiger partial charge < -0.3 is 29.6 Å². The Kier molecular flexibility index (Phi) is 9.26. The highest BCUT2D eigenvalue weighted by Crippen LogP contribution is 2.46. The van der Waals surface area contributed by atoms with E-state index < -0.39 is 44.1 Å². The molecular weight excluding hydrogens is 543 g/mol. The minimum Gasteiger partial charge on any atom is -0.476 e. The second-order valence-corrected chi connectivity index (χ2v) is 11.3. The van der Waals surface area contributed by atoms with E-state index in [2.05, 4.69) is 20.0 Å². The molecule has 3 aromatic rings. The van der Waals surface area contributed by atoms with Gasteiger partial charge in [-0.25, -0.2) is 9.55 Å². The van der Waals surface area contributed by atoms with Gasteiger partial charge >= 0.3 is 13.7 Å². The summed E-state index contributed by atoms with van der Waals surface area (Å²) in [7, 11) is -4.15. The van der Waals surface area contributed by atoms with Gasteiger partial charge in [-0.05, 0) is 39.8 Å². The third-order valence-corrected chi connectivity index (χ3v) is 7.72. The van der Waals surface area contributed by atoms with Crippen molar-refractivity contribution in [3.63, 3.8) is 0 Å². The fraction of sp³-hybridized carbons (Fsp3) is 0.520. The molecule has 15 heteroatoms. The van der Waals surface area contributed by atoms with Crippen LogP contribution in [0.2, 0.25) is 0 Å². The van der Waals surface area contributed by atoms with E-state index in [0.717, 1.165) is 0 Å². The number of fused-ring (bicyclic) bond motifs is 1. The molecular formula is C25H35N6O8P. The van der Waals surface area contributed by atoms with E-state index in [0.29, 0.717) is 17.8 Å². The number of aromatic nitrogens is 4. The van der Waals surface area contributed by atoms with Gasteiger partial charge in [0, 0.05) is 5.92 Å². The Morgan fingerprint density at radius 1 is 1.25 bits per heavy atom. The summed E-state index contributed by atoms with van der Waals surface area (Å²) in [4.78, 5) is 25.1. The van der Waals surface area contributed by atoms with E-state index in [1.54, 1.807) is 55.7 Å². The molecule has 40 heavy (non-hydrogen) atoms. The average Bonchev–Trinajstić information content (AvgIpc) is 3.43. The van der Waals surface area contributed by atoms with Crippen molar-refractivity contribution < 1.29 is 37.7 Å². The van der Waals surface area contributed by atoms with Crippen molar-refractivity contribution in [2.24, 2.45) is 5.92 Å². The standard InChI is InChI=1S/C25H35N6O8P/c1-6-35-22-19-21(28-25(26)29-22)31(13-27-19)23-15(4)20(32)18(38-23)12-36-40(34,39-17-10-8-7-9-11-17)30-16(5)24(33)37-14(2)3/h7-11,13-16,18,20,23,32H,6,12H2,1-5H3,(H,30,34)(H2,26,28,29). The van der Waals surface area contributed by atoms with Crippen LogP contribution in [0, 0.1) is 5.92 Å². The normalized spacial score (nSPS) is 23.2. The molecule has 6 unspecified atom stereocenters. The van der Waals surface area contributed by atoms with Crippen LogP contribution in [0.4, 0.5) is 5.95 Å². The number of rotatable bonds is 12. The molecule has 0 spiro atoms. The molecule has 0 bridgehead atoms. The minimum atomic E-state index is -4.15. The lowest BCUT2D eigenvalue weighted by Gasteiger charge is -2.25. The van der Waals surface area contributed by atoms with Gasteiger partial charge in [0.1, 0.15) is 24.1 Å². The van der Waals surface area contributed by atoms with Gasteiger partial charge in [-0.1, -0.05) is 25.1 Å². The number of nitrogens with two attached hydrogens (primary N) is 1. The van der Waals surface area contributed by atoms with Gasteiger partial charge in [-0.2, -0.15) is 15.1 Å². The summed E-state index contributed by atoms with van der Waals surface area (Å²) in [5, 5.41) is 13.6. The number of ether oxygens (including phenoxy) is 3. The van der Waals surface area contributed by atoms with Crippen LogP contribution in [0.3, 0.4) is 0 Å². The predicted molar refractivity (Wildman–Crippen MR) is 144 cm³/mol. The van der Waals surface area contributed by atoms with Gasteiger partial charge in [-0.15, -0.1) is 0 Å². The number of nitrogen functional groups attached to an aromatic ring is 1. The molecule has 218 valence electrons. The van der Waals surface area contributed by atoms with Gasteiger partial charge in [0.25, 0.3) is 0 Å². The first kappa shape index (κ1) is 29.7. The number of carbonyl (C=O) groups is 1. The molecule has 0 amide bonds. The van der Waals surface area contributed by atoms with Crippen LogP contribution in [-0.2, 0) is 23.4 Å². The number of aliphatic hydroxyl groups is 1. The minimum absolute atomic E-state index is 0.000955. The highest BCUT2D eigenvalue weighted by atomic mass is 31.2. The Bertz CT molecular complexity index is 1360. The molecule has 0 radical (unpaired) electrons. The van der Waals surface area contributed by atoms with Crippen molar-refractivity contribution in [3.8, 4) is 11.6 Å². The summed E-state index contributed by atoms with van der Waals surface area (Å²) >= 11 is 0. The predicted octanol–water partition coefficient (Wildman–Crippen LogP) is 2.83. The number of hydrogen-bond donors (Lipinski definition) is 3. The van der Waals surface area contributed by atoms with Crippen LogP contribution in [0.15, 0.2) is 36.7 Å². The monoisotopic (exact) mass is 578 g/mol. The Labute approximate surface area is 231 Å². The number of anilines is 1. The van der Waals surface area contributed by atoms with Gasteiger partial charge in [0.05, 0.1) is 31.7 Å². The smallest absolute Gasteiger partial charge is 0.459 e. The Balaban J connectivity index is 1.52. The molecule has 6 atom stereocenters. The van der Waals surface area contributed by atoms with Crippen LogP contribution >= 0.6 is 7.75 Å². The van der Waals surface area contributed by atoms with Gasteiger partial charge in [-0.3, -0.25) is 13.9 Å². The molecule has 1 aliphatic heterocycles. The van der Waals surface area contributed by atoms with Crippen LogP contribution in [0.1, 0.15) is 40.8 Å². The summed E-state index contributed by atoms with van der Waals surface area (Å²) in [6.45, 7) is 8.55. The molecule has 4 N–H and O–H groups in total. The fourth-order valence-electron chi connectivity index (χ4n) is 4.18. The quantitative estimate of drug-likeness (QED) is 0.211. The zero-order valence-corrected chi connectivity index (χ0v) is 23.9. The summed E-state index contributed by atoms with van der Waals surface area (Å²) in [6, 6.07) is 7.36. The molecule has 0 saturated carbocycles. The van der Waals surface area contributed by atoms with Crippen molar-refractivity contribution in [1.29, 1.82) is 0 Å². The number of aliphatic hydroxyl groups excluding tert-OH is 1. The number of imidazole rings is 1. The Morgan fingerprint density at radius 3 is 2.65 bits per heavy atom. The van der Waals surface area contributed by atoms with Crippen molar-refractivity contribution >= 4 is 30.8 Å². The van der Waals surface area contributed by atoms with Crippen LogP contribution < -0.4 is 20.1 Å². The van der Waals surface area contributed by atoms with Crippen LogP contribution in [-0.4, -0.2) is 68.2 Å². The van der Waals surface area contributed by atoms with E-state index in [1.165, 1.54) is 13.3 Å². The number of carbonyl (C=O) groups excluding carboxylic acids is 1. The lowest BCUT2D eigenvalue weighted by Crippen LogP contribution is -2.37. The van der Waals surface area contributed by atoms with Crippen LogP contribution in [0.25, 0.3) is 11.2 Å². The number of nitrogens with one attached hydrogen (secondary N) is 1. The molecule has 0 aliphatic carbocycles. The maximum Gasteiger partial charge on any atom is 0.459 e. The number of nitrogens with zero attached hydrogens (tertiary/aromatic N) is 4. The third-order valence-electron chi connectivity index (χ3n) is 6.08. The zero-order valence-electron chi connectivity index (χ0n) is 23.0. The zero-order chi connectivity index (χ0) is 29.0. The number of benzene rings is 1. The maximum absolute atomic E-state index is 13.8. The van der Waals surface area contributed by atoms with Gasteiger partial charge in [0.2, 0.25) is 11.8 Å². The first-order valence-corrected chi connectivity index (χ1v) is 14.5. The molecule has 1 aromatic carbocycles. The SMILES string of the molecule is CCOc1nc(N)nc2c1ncn2C1OC(COP(=O)(NC(C)C(=O)OC(C)C)Oc2ccccc2)C(O)C1C. The second kappa shape index (κ2) is 12.5. The molecule has 1 aliphatic rings. The summed E-state index contributed by atoms with van der Waals surface area (Å²) in [5.74, 6) is -0.570. The Hall–Kier alpha value is -3.29. The van der Waals surface area contributed by atoms with Crippen molar-refractivity contribution in [2.75, 3.05) is 18.9 Å². The van der Waals surface area contributed by atoms with E-state index in [-0.39, 0.29) is 30.3 Å². The lowest BCUT2D eigenvalue weighted by atomic mass is 10.0. The van der Waals surface area contributed by atoms with Crippen molar-refractivity contribution in [3.05, 3.63) is 36.7 Å². The summed E-state index contributed by atoms with van der Waals surface area (Å²) in [6.07, 6.45) is -1.49. The largest absolute Gasteiger partial charge is 0.476 e. The molecule has 1 fully saturated rings. The molecule has 1 saturated heterocycles. The van der Waals surface area contributed by atoms with E-state index >= 15 is 0 Å². The Morgan fingerprint density at radius 2 is 1.98 bits per heavy atom. The van der Waals surface area contributed by atoms with Crippen molar-refractivity contribution in [1.82, 2.24) is 24.6 Å². The number of hydrogen-bond acceptors (Lipinski definition) is 12. The number of para-hydroxylation sites is 1. The van der Waals surface area contributed by atoms with E-state index in [1.807, 2.05) is 6.92 Å². The van der Waals surface area contributed by atoms with Crippen molar-refractivity contribution in [2.45, 2.75) is 65.2 Å². The summed E-state index contributed by atoms with van der Waals surface area (Å²) in [5.41, 5.74) is 6.65. The molecule has 4 rings (SSSR count). The average molecular weight is 579 g/mol. The summed E-state index contributed by atoms with van der Waals surface area (Å²) < 4.78 is 43.7. The van der Waals surface area contributed by atoms with Crippen LogP contribution in [0.5, 0.6) is 11.6 Å². The van der Waals surface area contributed by atoms with Gasteiger partial charge in [0.15, 0.2) is 11.2 Å². The molecule has 2 aromatic heterocycles. The maximum atomic E-state index is 13.8. The number of esters is 1. The van der Waals surface area contributed by atoms with E-state index in [4.69, 9.17) is 29.0 Å².